The van der Waals surface area contributed by atoms with Crippen LogP contribution in [0, 0.1) is 11.6 Å². The van der Waals surface area contributed by atoms with Gasteiger partial charge in [-0.25, -0.2) is 13.8 Å². The Morgan fingerprint density at radius 1 is 1.18 bits per heavy atom. The van der Waals surface area contributed by atoms with E-state index in [0.29, 0.717) is 35.7 Å². The van der Waals surface area contributed by atoms with Crippen molar-refractivity contribution in [3.05, 3.63) is 80.2 Å². The van der Waals surface area contributed by atoms with Crippen LogP contribution in [0.3, 0.4) is 0 Å². The summed E-state index contributed by atoms with van der Waals surface area (Å²) in [7, 11) is 0. The van der Waals surface area contributed by atoms with Gasteiger partial charge in [-0.2, -0.15) is 0 Å². The Kier molecular flexibility index (Phi) is 4.87. The zero-order valence-electron chi connectivity index (χ0n) is 14.8. The summed E-state index contributed by atoms with van der Waals surface area (Å²) in [6, 6.07) is 9.40. The van der Waals surface area contributed by atoms with Gasteiger partial charge in [0, 0.05) is 42.9 Å². The maximum Gasteiger partial charge on any atom is 0.255 e. The minimum atomic E-state index is -0.766. The Labute approximate surface area is 164 Å². The maximum absolute atomic E-state index is 14.2. The predicted octanol–water partition coefficient (Wildman–Crippen LogP) is 3.51. The number of nitrogens with zero attached hydrogens (tertiary/aromatic N) is 2. The second-order valence-electron chi connectivity index (χ2n) is 6.74. The molecular formula is C20H17ClF2N4O. The fraction of sp³-hybridized carbons (Fsp3) is 0.200. The molecule has 0 fully saturated rings. The Hall–Kier alpha value is -2.77. The number of nitrogens with one attached hydrogen (secondary N) is 1. The second-order valence-corrected chi connectivity index (χ2v) is 7.15. The van der Waals surface area contributed by atoms with Gasteiger partial charge in [0.15, 0.2) is 0 Å². The van der Waals surface area contributed by atoms with Crippen LogP contribution in [-0.4, -0.2) is 21.4 Å². The lowest BCUT2D eigenvalue weighted by Crippen LogP contribution is -2.35. The van der Waals surface area contributed by atoms with Crippen LogP contribution >= 0.6 is 11.6 Å². The molecule has 1 aliphatic rings. The molecule has 0 radical (unpaired) electrons. The number of hydrogen-bond donors (Lipinski definition) is 2. The van der Waals surface area contributed by atoms with Crippen molar-refractivity contribution in [1.82, 2.24) is 14.9 Å². The first kappa shape index (κ1) is 18.6. The van der Waals surface area contributed by atoms with E-state index in [1.807, 2.05) is 0 Å². The summed E-state index contributed by atoms with van der Waals surface area (Å²) in [6.07, 6.45) is 0.505. The molecule has 0 spiro atoms. The van der Waals surface area contributed by atoms with Gasteiger partial charge in [0.2, 0.25) is 0 Å². The fourth-order valence-electron chi connectivity index (χ4n) is 3.33. The Morgan fingerprint density at radius 3 is 2.68 bits per heavy atom. The first-order chi connectivity index (χ1) is 13.4. The van der Waals surface area contributed by atoms with Crippen molar-refractivity contribution >= 4 is 17.3 Å². The summed E-state index contributed by atoms with van der Waals surface area (Å²) in [5.74, 6) is -0.944. The van der Waals surface area contributed by atoms with Crippen LogP contribution in [0.1, 0.15) is 16.8 Å². The predicted molar refractivity (Wildman–Crippen MR) is 104 cm³/mol. The van der Waals surface area contributed by atoms with E-state index in [1.54, 1.807) is 29.2 Å². The highest BCUT2D eigenvalue weighted by molar-refractivity contribution is 6.30. The molecule has 3 aromatic rings. The number of hydrogen-bond acceptors (Lipinski definition) is 4. The summed E-state index contributed by atoms with van der Waals surface area (Å²) >= 11 is 5.76. The molecule has 4 rings (SSSR count). The molecular weight excluding hydrogens is 386 g/mol. The molecule has 0 bridgehead atoms. The van der Waals surface area contributed by atoms with Crippen molar-refractivity contribution in [2.45, 2.75) is 19.5 Å². The third-order valence-corrected chi connectivity index (χ3v) is 5.14. The summed E-state index contributed by atoms with van der Waals surface area (Å²) in [4.78, 5) is 21.8. The van der Waals surface area contributed by atoms with Crippen LogP contribution in [0.2, 0.25) is 5.02 Å². The molecule has 144 valence electrons. The van der Waals surface area contributed by atoms with E-state index >= 15 is 0 Å². The fourth-order valence-corrected chi connectivity index (χ4v) is 3.51. The molecule has 0 unspecified atom stereocenters. The largest absolute Gasteiger partial charge is 0.399 e. The quantitative estimate of drug-likeness (QED) is 0.519. The SMILES string of the molecule is Nc1ccc(-c2nc3c(c(=O)[nH]2)CN(Cc2c(F)ccc(Cl)c2F)CC3)cc1. The molecule has 0 saturated carbocycles. The second kappa shape index (κ2) is 7.33. The van der Waals surface area contributed by atoms with Gasteiger partial charge < -0.3 is 10.7 Å². The van der Waals surface area contributed by atoms with Crippen LogP contribution in [0.5, 0.6) is 0 Å². The molecule has 5 nitrogen and oxygen atoms in total. The highest BCUT2D eigenvalue weighted by atomic mass is 35.5. The van der Waals surface area contributed by atoms with Gasteiger partial charge in [-0.3, -0.25) is 9.69 Å². The van der Waals surface area contributed by atoms with Crippen molar-refractivity contribution in [3.8, 4) is 11.4 Å². The molecule has 8 heteroatoms. The smallest absolute Gasteiger partial charge is 0.255 e. The minimum Gasteiger partial charge on any atom is -0.399 e. The topological polar surface area (TPSA) is 75.0 Å². The van der Waals surface area contributed by atoms with Crippen molar-refractivity contribution in [3.63, 3.8) is 0 Å². The van der Waals surface area contributed by atoms with Crippen LogP contribution in [0.15, 0.2) is 41.2 Å². The normalized spacial score (nSPS) is 14.1. The molecule has 1 aromatic heterocycles. The molecule has 28 heavy (non-hydrogen) atoms. The van der Waals surface area contributed by atoms with Gasteiger partial charge in [-0.15, -0.1) is 0 Å². The molecule has 0 aliphatic carbocycles. The Bertz CT molecular complexity index is 1100. The first-order valence-corrected chi connectivity index (χ1v) is 9.13. The average Bonchev–Trinajstić information content (AvgIpc) is 2.69. The number of halogens is 3. The van der Waals surface area contributed by atoms with Crippen molar-refractivity contribution in [1.29, 1.82) is 0 Å². The number of nitrogen functional groups attached to an aromatic ring is 1. The highest BCUT2D eigenvalue weighted by Crippen LogP contribution is 2.25. The third-order valence-electron chi connectivity index (χ3n) is 4.85. The van der Waals surface area contributed by atoms with Crippen LogP contribution in [0.25, 0.3) is 11.4 Å². The number of fused-ring (bicyclic) bond motifs is 1. The monoisotopic (exact) mass is 402 g/mol. The van der Waals surface area contributed by atoms with E-state index in [-0.39, 0.29) is 29.2 Å². The maximum atomic E-state index is 14.2. The van der Waals surface area contributed by atoms with Crippen molar-refractivity contribution in [2.24, 2.45) is 0 Å². The molecule has 0 amide bonds. The van der Waals surface area contributed by atoms with E-state index < -0.39 is 11.6 Å². The number of H-pyrrole nitrogens is 1. The van der Waals surface area contributed by atoms with E-state index in [4.69, 9.17) is 17.3 Å². The first-order valence-electron chi connectivity index (χ1n) is 8.75. The lowest BCUT2D eigenvalue weighted by Gasteiger charge is -2.28. The summed E-state index contributed by atoms with van der Waals surface area (Å²) in [6.45, 7) is 0.803. The van der Waals surface area contributed by atoms with Crippen LogP contribution < -0.4 is 11.3 Å². The Morgan fingerprint density at radius 2 is 1.93 bits per heavy atom. The molecule has 1 aliphatic heterocycles. The van der Waals surface area contributed by atoms with Gasteiger partial charge in [0.05, 0.1) is 16.3 Å². The van der Waals surface area contributed by atoms with E-state index in [1.165, 1.54) is 6.07 Å². The number of aromatic amines is 1. The summed E-state index contributed by atoms with van der Waals surface area (Å²) in [5, 5.41) is -0.124. The van der Waals surface area contributed by atoms with Gasteiger partial charge in [-0.1, -0.05) is 11.6 Å². The zero-order valence-corrected chi connectivity index (χ0v) is 15.6. The lowest BCUT2D eigenvalue weighted by molar-refractivity contribution is 0.235. The minimum absolute atomic E-state index is 0.0246. The average molecular weight is 403 g/mol. The number of aromatic nitrogens is 2. The van der Waals surface area contributed by atoms with Crippen molar-refractivity contribution in [2.75, 3.05) is 12.3 Å². The number of benzene rings is 2. The van der Waals surface area contributed by atoms with E-state index in [2.05, 4.69) is 9.97 Å². The summed E-state index contributed by atoms with van der Waals surface area (Å²) < 4.78 is 28.2. The van der Waals surface area contributed by atoms with Crippen LogP contribution in [0.4, 0.5) is 14.5 Å². The number of anilines is 1. The molecule has 0 saturated heterocycles. The highest BCUT2D eigenvalue weighted by Gasteiger charge is 2.24. The van der Waals surface area contributed by atoms with Gasteiger partial charge >= 0.3 is 0 Å². The number of nitrogens with two attached hydrogens (primary N) is 1. The van der Waals surface area contributed by atoms with E-state index in [0.717, 1.165) is 11.6 Å². The van der Waals surface area contributed by atoms with Gasteiger partial charge in [-0.05, 0) is 36.4 Å². The molecule has 3 N–H and O–H groups in total. The molecule has 0 atom stereocenters. The standard InChI is InChI=1S/C20H17ClF2N4O/c21-15-5-6-16(22)13(18(15)23)9-27-8-7-17-14(10-27)20(28)26-19(25-17)11-1-3-12(24)4-2-11/h1-6H,7-10,24H2,(H,25,26,28). The molecule has 2 heterocycles. The van der Waals surface area contributed by atoms with Gasteiger partial charge in [0.25, 0.3) is 5.56 Å². The van der Waals surface area contributed by atoms with E-state index in [9.17, 15) is 13.6 Å². The van der Waals surface area contributed by atoms with Gasteiger partial charge in [0.1, 0.15) is 17.5 Å². The lowest BCUT2D eigenvalue weighted by atomic mass is 10.0. The summed E-state index contributed by atoms with van der Waals surface area (Å²) in [5.41, 5.74) is 7.93. The Balaban J connectivity index is 1.61. The third kappa shape index (κ3) is 3.50. The zero-order chi connectivity index (χ0) is 19.8. The number of rotatable bonds is 3. The molecule has 2 aromatic carbocycles. The van der Waals surface area contributed by atoms with Crippen molar-refractivity contribution < 1.29 is 8.78 Å². The van der Waals surface area contributed by atoms with Crippen LogP contribution in [-0.2, 0) is 19.5 Å².